The van der Waals surface area contributed by atoms with Crippen LogP contribution in [0.5, 0.6) is 0 Å². The van der Waals surface area contributed by atoms with Crippen molar-refractivity contribution in [1.29, 1.82) is 0 Å². The second kappa shape index (κ2) is 15.0. The lowest BCUT2D eigenvalue weighted by Crippen LogP contribution is -2.51. The molecule has 0 aliphatic carbocycles. The van der Waals surface area contributed by atoms with Crippen LogP contribution in [0.4, 0.5) is 31.1 Å². The third-order valence-electron chi connectivity index (χ3n) is 8.67. The van der Waals surface area contributed by atoms with Crippen molar-refractivity contribution < 1.29 is 35.9 Å². The van der Waals surface area contributed by atoms with Crippen LogP contribution in [0, 0.1) is 5.92 Å². The summed E-state index contributed by atoms with van der Waals surface area (Å²) in [7, 11) is 0. The highest BCUT2D eigenvalue weighted by Crippen LogP contribution is 2.39. The maximum Gasteiger partial charge on any atom is 0.416 e. The Hall–Kier alpha value is -2.66. The maximum absolute atomic E-state index is 13.6. The van der Waals surface area contributed by atoms with E-state index in [4.69, 9.17) is 27.9 Å². The molecule has 3 aromatic carbocycles. The average Bonchev–Trinajstić information content (AvgIpc) is 2.99. The van der Waals surface area contributed by atoms with Crippen LogP contribution in [0.2, 0.25) is 10.0 Å². The fourth-order valence-corrected chi connectivity index (χ4v) is 6.60. The topological polar surface area (TPSA) is 32.8 Å². The number of carbonyl (C=O) groups is 1. The van der Waals surface area contributed by atoms with Crippen LogP contribution in [0.15, 0.2) is 66.7 Å². The van der Waals surface area contributed by atoms with E-state index in [-0.39, 0.29) is 35.7 Å². The highest BCUT2D eigenvalue weighted by molar-refractivity contribution is 6.42. The SMILES string of the molecule is Cl.O=C1OCC(c2ccc(Cl)c(Cl)c2)C(CCN2CCC(Cc3ccccc3)CC2)N1Cc1cc(C(F)(F)F)cc(C(F)(F)F)c1. The van der Waals surface area contributed by atoms with Crippen LogP contribution in [0.3, 0.4) is 0 Å². The van der Waals surface area contributed by atoms with Gasteiger partial charge in [0.1, 0.15) is 6.61 Å². The molecule has 0 spiro atoms. The van der Waals surface area contributed by atoms with Gasteiger partial charge in [0.2, 0.25) is 0 Å². The first-order valence-electron chi connectivity index (χ1n) is 14.7. The van der Waals surface area contributed by atoms with Gasteiger partial charge in [0.15, 0.2) is 0 Å². The van der Waals surface area contributed by atoms with E-state index in [0.29, 0.717) is 41.6 Å². The van der Waals surface area contributed by atoms with Crippen LogP contribution in [0.1, 0.15) is 53.0 Å². The molecule has 0 aromatic heterocycles. The molecule has 0 radical (unpaired) electrons. The van der Waals surface area contributed by atoms with Crippen molar-refractivity contribution >= 4 is 41.7 Å². The standard InChI is InChI=1S/C33H32Cl2F6N2O2.ClH/c34-28-7-6-24(17-29(28)35)27-20-45-31(44)43(19-23-15-25(32(36,37)38)18-26(16-23)33(39,40)41)30(27)10-13-42-11-8-22(9-12-42)14-21-4-2-1-3-5-21;/h1-7,15-18,22,27,30H,8-14,19-20H2;1H. The first kappa shape index (κ1) is 36.2. The first-order valence-corrected chi connectivity index (χ1v) is 15.5. The lowest BCUT2D eigenvalue weighted by molar-refractivity contribution is -0.143. The molecule has 2 aliphatic heterocycles. The summed E-state index contributed by atoms with van der Waals surface area (Å²) in [6.07, 6.45) is -7.41. The zero-order valence-corrected chi connectivity index (χ0v) is 26.9. The minimum atomic E-state index is -5.01. The van der Waals surface area contributed by atoms with Crippen molar-refractivity contribution in [3.05, 3.63) is 105 Å². The average molecular weight is 710 g/mol. The van der Waals surface area contributed by atoms with Gasteiger partial charge in [0, 0.05) is 25.0 Å². The Bertz CT molecular complexity index is 1450. The molecule has 13 heteroatoms. The number of piperidine rings is 1. The molecular weight excluding hydrogens is 677 g/mol. The van der Waals surface area contributed by atoms with Crippen LogP contribution in [0.25, 0.3) is 0 Å². The third-order valence-corrected chi connectivity index (χ3v) is 9.41. The van der Waals surface area contributed by atoms with Crippen LogP contribution >= 0.6 is 35.6 Å². The summed E-state index contributed by atoms with van der Waals surface area (Å²) < 4.78 is 87.0. The summed E-state index contributed by atoms with van der Waals surface area (Å²) >= 11 is 12.4. The number of carbonyl (C=O) groups excluding carboxylic acids is 1. The number of rotatable bonds is 8. The quantitative estimate of drug-likeness (QED) is 0.219. The molecular formula is C33H33Cl3F6N2O2. The Balaban J connectivity index is 0.00000480. The van der Waals surface area contributed by atoms with Gasteiger partial charge in [-0.2, -0.15) is 26.3 Å². The van der Waals surface area contributed by atoms with Crippen molar-refractivity contribution in [1.82, 2.24) is 9.80 Å². The van der Waals surface area contributed by atoms with Gasteiger partial charge in [0.05, 0.1) is 21.2 Å². The van der Waals surface area contributed by atoms with E-state index in [9.17, 15) is 31.1 Å². The van der Waals surface area contributed by atoms with Crippen LogP contribution in [-0.2, 0) is 30.1 Å². The Morgan fingerprint density at radius 3 is 2.02 bits per heavy atom. The van der Waals surface area contributed by atoms with Crippen molar-refractivity contribution in [2.24, 2.45) is 5.92 Å². The Labute approximate surface area is 280 Å². The van der Waals surface area contributed by atoms with E-state index in [1.807, 2.05) is 18.2 Å². The number of halogens is 9. The van der Waals surface area contributed by atoms with Crippen molar-refractivity contribution in [2.45, 2.75) is 56.5 Å². The lowest BCUT2D eigenvalue weighted by atomic mass is 9.86. The zero-order valence-electron chi connectivity index (χ0n) is 24.6. The Morgan fingerprint density at radius 2 is 1.43 bits per heavy atom. The summed E-state index contributed by atoms with van der Waals surface area (Å²) in [5, 5.41) is 0.605. The molecule has 0 N–H and O–H groups in total. The number of benzene rings is 3. The lowest BCUT2D eigenvalue weighted by Gasteiger charge is -2.42. The van der Waals surface area contributed by atoms with Crippen molar-refractivity contribution in [2.75, 3.05) is 26.2 Å². The van der Waals surface area contributed by atoms with E-state index in [1.54, 1.807) is 18.2 Å². The summed E-state index contributed by atoms with van der Waals surface area (Å²) in [5.41, 5.74) is -1.17. The van der Waals surface area contributed by atoms with Gasteiger partial charge in [0.25, 0.3) is 0 Å². The highest BCUT2D eigenvalue weighted by Gasteiger charge is 2.41. The molecule has 2 fully saturated rings. The second-order valence-corrected chi connectivity index (χ2v) is 12.5. The molecule has 5 rings (SSSR count). The van der Waals surface area contributed by atoms with Crippen molar-refractivity contribution in [3.8, 4) is 0 Å². The molecule has 4 nitrogen and oxygen atoms in total. The number of alkyl halides is 6. The van der Waals surface area contributed by atoms with Gasteiger partial charge >= 0.3 is 18.4 Å². The molecule has 1 amide bonds. The second-order valence-electron chi connectivity index (χ2n) is 11.7. The number of likely N-dealkylation sites (tertiary alicyclic amines) is 1. The molecule has 2 atom stereocenters. The van der Waals surface area contributed by atoms with Gasteiger partial charge in [-0.05, 0) is 91.7 Å². The van der Waals surface area contributed by atoms with E-state index in [2.05, 4.69) is 17.0 Å². The minimum absolute atomic E-state index is 0. The number of hydrogen-bond acceptors (Lipinski definition) is 3. The largest absolute Gasteiger partial charge is 0.449 e. The number of ether oxygens (including phenoxy) is 1. The predicted octanol–water partition coefficient (Wildman–Crippen LogP) is 9.90. The number of cyclic esters (lactones) is 1. The zero-order chi connectivity index (χ0) is 32.4. The van der Waals surface area contributed by atoms with E-state index in [0.717, 1.165) is 32.4 Å². The van der Waals surface area contributed by atoms with Crippen LogP contribution in [-0.4, -0.2) is 48.2 Å². The van der Waals surface area contributed by atoms with Gasteiger partial charge < -0.3 is 14.5 Å². The molecule has 2 heterocycles. The maximum atomic E-state index is 13.6. The van der Waals surface area contributed by atoms with Gasteiger partial charge in [-0.25, -0.2) is 4.79 Å². The predicted molar refractivity (Wildman–Crippen MR) is 168 cm³/mol. The Kier molecular flexibility index (Phi) is 11.8. The molecule has 250 valence electrons. The molecule has 2 unspecified atom stereocenters. The van der Waals surface area contributed by atoms with Crippen molar-refractivity contribution in [3.63, 3.8) is 0 Å². The minimum Gasteiger partial charge on any atom is -0.449 e. The first-order chi connectivity index (χ1) is 21.3. The van der Waals surface area contributed by atoms with E-state index >= 15 is 0 Å². The number of nitrogens with zero attached hydrogens (tertiary/aromatic N) is 2. The summed E-state index contributed by atoms with van der Waals surface area (Å²) in [5.74, 6) is 0.0958. The number of amides is 1. The normalized spacial score (nSPS) is 19.9. The van der Waals surface area contributed by atoms with E-state index < -0.39 is 48.1 Å². The molecule has 0 saturated carbocycles. The van der Waals surface area contributed by atoms with Gasteiger partial charge in [-0.15, -0.1) is 12.4 Å². The summed E-state index contributed by atoms with van der Waals surface area (Å²) in [6.45, 7) is 1.76. The fraction of sp³-hybridized carbons (Fsp3) is 0.424. The monoisotopic (exact) mass is 708 g/mol. The molecule has 3 aromatic rings. The number of hydrogen-bond donors (Lipinski definition) is 0. The van der Waals surface area contributed by atoms with E-state index in [1.165, 1.54) is 10.5 Å². The van der Waals surface area contributed by atoms with Gasteiger partial charge in [-0.3, -0.25) is 0 Å². The third kappa shape index (κ3) is 9.02. The fourth-order valence-electron chi connectivity index (χ4n) is 6.29. The summed E-state index contributed by atoms with van der Waals surface area (Å²) in [6, 6.07) is 16.1. The molecule has 0 bridgehead atoms. The van der Waals surface area contributed by atoms with Gasteiger partial charge in [-0.1, -0.05) is 59.6 Å². The summed E-state index contributed by atoms with van der Waals surface area (Å²) in [4.78, 5) is 16.7. The van der Waals surface area contributed by atoms with Crippen LogP contribution < -0.4 is 0 Å². The molecule has 2 aliphatic rings. The Morgan fingerprint density at radius 1 is 0.804 bits per heavy atom. The smallest absolute Gasteiger partial charge is 0.416 e. The molecule has 46 heavy (non-hydrogen) atoms. The highest BCUT2D eigenvalue weighted by atomic mass is 35.5. The molecule has 2 saturated heterocycles.